The molecule has 0 saturated heterocycles. The number of aromatic nitrogens is 1. The summed E-state index contributed by atoms with van der Waals surface area (Å²) in [6.07, 6.45) is 1.62. The zero-order chi connectivity index (χ0) is 14.5. The SMILES string of the molecule is O=C(NOCc1ccccc1)c1nccc2ccccc12. The average Bonchev–Trinajstić information content (AvgIpc) is 2.55. The van der Waals surface area contributed by atoms with Crippen molar-refractivity contribution in [1.82, 2.24) is 10.5 Å². The molecule has 0 aliphatic rings. The monoisotopic (exact) mass is 278 g/mol. The number of hydroxylamine groups is 1. The van der Waals surface area contributed by atoms with Gasteiger partial charge in [-0.1, -0.05) is 54.6 Å². The van der Waals surface area contributed by atoms with Gasteiger partial charge >= 0.3 is 0 Å². The van der Waals surface area contributed by atoms with E-state index in [-0.39, 0.29) is 5.91 Å². The number of amides is 1. The molecule has 3 aromatic rings. The Morgan fingerprint density at radius 3 is 2.62 bits per heavy atom. The van der Waals surface area contributed by atoms with Gasteiger partial charge in [0.05, 0.1) is 6.61 Å². The highest BCUT2D eigenvalue weighted by Gasteiger charge is 2.11. The number of nitrogens with one attached hydrogen (secondary N) is 1. The standard InChI is InChI=1S/C17H14N2O2/c20-17(19-21-12-13-6-2-1-3-7-13)16-15-9-5-4-8-14(15)10-11-18-16/h1-11H,12H2,(H,19,20). The molecule has 1 N–H and O–H groups in total. The molecule has 0 fully saturated rings. The van der Waals surface area contributed by atoms with Gasteiger partial charge in [0.15, 0.2) is 0 Å². The van der Waals surface area contributed by atoms with E-state index < -0.39 is 0 Å². The lowest BCUT2D eigenvalue weighted by Crippen LogP contribution is -2.24. The number of pyridine rings is 1. The number of benzene rings is 2. The predicted octanol–water partition coefficient (Wildman–Crippen LogP) is 3.10. The van der Waals surface area contributed by atoms with Crippen LogP contribution in [-0.4, -0.2) is 10.9 Å². The Kier molecular flexibility index (Phi) is 3.89. The van der Waals surface area contributed by atoms with Crippen LogP contribution in [0.3, 0.4) is 0 Å². The molecule has 0 unspecified atom stereocenters. The van der Waals surface area contributed by atoms with Gasteiger partial charge in [-0.15, -0.1) is 0 Å². The average molecular weight is 278 g/mol. The molecule has 4 nitrogen and oxygen atoms in total. The van der Waals surface area contributed by atoms with E-state index in [2.05, 4.69) is 10.5 Å². The van der Waals surface area contributed by atoms with E-state index in [1.807, 2.05) is 60.7 Å². The lowest BCUT2D eigenvalue weighted by atomic mass is 10.1. The van der Waals surface area contributed by atoms with Crippen LogP contribution in [-0.2, 0) is 11.4 Å². The van der Waals surface area contributed by atoms with Crippen LogP contribution >= 0.6 is 0 Å². The first-order chi connectivity index (χ1) is 10.3. The van der Waals surface area contributed by atoms with E-state index in [0.717, 1.165) is 16.3 Å². The molecule has 3 rings (SSSR count). The number of fused-ring (bicyclic) bond motifs is 1. The van der Waals surface area contributed by atoms with Crippen molar-refractivity contribution in [2.45, 2.75) is 6.61 Å². The van der Waals surface area contributed by atoms with E-state index in [1.54, 1.807) is 6.20 Å². The minimum absolute atomic E-state index is 0.317. The molecule has 1 heterocycles. The highest BCUT2D eigenvalue weighted by Crippen LogP contribution is 2.16. The fourth-order valence-electron chi connectivity index (χ4n) is 2.11. The smallest absolute Gasteiger partial charge is 0.269 e. The summed E-state index contributed by atoms with van der Waals surface area (Å²) in [5.74, 6) is -0.345. The third-order valence-corrected chi connectivity index (χ3v) is 3.14. The summed E-state index contributed by atoms with van der Waals surface area (Å²) in [7, 11) is 0. The fraction of sp³-hybridized carbons (Fsp3) is 0.0588. The third kappa shape index (κ3) is 3.07. The summed E-state index contributed by atoms with van der Waals surface area (Å²) in [5.41, 5.74) is 3.79. The van der Waals surface area contributed by atoms with Crippen LogP contribution in [0, 0.1) is 0 Å². The Bertz CT molecular complexity index is 752. The van der Waals surface area contributed by atoms with Crippen LogP contribution in [0.2, 0.25) is 0 Å². The molecule has 0 atom stereocenters. The van der Waals surface area contributed by atoms with Gasteiger partial charge in [0, 0.05) is 11.6 Å². The van der Waals surface area contributed by atoms with E-state index in [0.29, 0.717) is 12.3 Å². The Balaban J connectivity index is 1.70. The second-order valence-electron chi connectivity index (χ2n) is 4.59. The number of hydrogen-bond acceptors (Lipinski definition) is 3. The molecule has 104 valence electrons. The Labute approximate surface area is 122 Å². The summed E-state index contributed by atoms with van der Waals surface area (Å²) < 4.78 is 0. The molecule has 0 aliphatic carbocycles. The van der Waals surface area contributed by atoms with Crippen LogP contribution in [0.4, 0.5) is 0 Å². The summed E-state index contributed by atoms with van der Waals surface area (Å²) in [5, 5.41) is 1.78. The number of carbonyl (C=O) groups excluding carboxylic acids is 1. The fourth-order valence-corrected chi connectivity index (χ4v) is 2.11. The van der Waals surface area contributed by atoms with E-state index >= 15 is 0 Å². The second kappa shape index (κ2) is 6.15. The van der Waals surface area contributed by atoms with Gasteiger partial charge in [-0.2, -0.15) is 0 Å². The first-order valence-corrected chi connectivity index (χ1v) is 6.64. The van der Waals surface area contributed by atoms with Gasteiger partial charge in [-0.3, -0.25) is 14.6 Å². The molecule has 0 bridgehead atoms. The minimum atomic E-state index is -0.345. The molecule has 0 aliphatic heterocycles. The molecule has 0 radical (unpaired) electrons. The molecule has 0 spiro atoms. The van der Waals surface area contributed by atoms with Crippen LogP contribution < -0.4 is 5.48 Å². The maximum Gasteiger partial charge on any atom is 0.294 e. The van der Waals surface area contributed by atoms with Crippen LogP contribution in [0.5, 0.6) is 0 Å². The van der Waals surface area contributed by atoms with Gasteiger partial charge in [0.2, 0.25) is 0 Å². The maximum absolute atomic E-state index is 12.2. The van der Waals surface area contributed by atoms with E-state index in [4.69, 9.17) is 4.84 Å². The quantitative estimate of drug-likeness (QED) is 0.746. The van der Waals surface area contributed by atoms with Crippen LogP contribution in [0.15, 0.2) is 66.9 Å². The number of rotatable bonds is 4. The third-order valence-electron chi connectivity index (χ3n) is 3.14. The zero-order valence-corrected chi connectivity index (χ0v) is 11.3. The summed E-state index contributed by atoms with van der Waals surface area (Å²) in [4.78, 5) is 21.5. The van der Waals surface area contributed by atoms with E-state index in [9.17, 15) is 4.79 Å². The largest absolute Gasteiger partial charge is 0.294 e. The molecule has 4 heteroatoms. The van der Waals surface area contributed by atoms with Gasteiger partial charge < -0.3 is 0 Å². The van der Waals surface area contributed by atoms with Crippen molar-refractivity contribution in [2.24, 2.45) is 0 Å². The molecule has 0 saturated carbocycles. The molecule has 1 amide bonds. The number of carbonyl (C=O) groups is 1. The predicted molar refractivity (Wildman–Crippen MR) is 80.4 cm³/mol. The van der Waals surface area contributed by atoms with Crippen LogP contribution in [0.25, 0.3) is 10.8 Å². The Morgan fingerprint density at radius 1 is 1.00 bits per heavy atom. The van der Waals surface area contributed by atoms with Crippen molar-refractivity contribution in [3.05, 3.63) is 78.1 Å². The second-order valence-corrected chi connectivity index (χ2v) is 4.59. The topological polar surface area (TPSA) is 51.2 Å². The van der Waals surface area contributed by atoms with Gasteiger partial charge in [0.1, 0.15) is 5.69 Å². The number of hydrogen-bond donors (Lipinski definition) is 1. The first kappa shape index (κ1) is 13.3. The molecular weight excluding hydrogens is 264 g/mol. The first-order valence-electron chi connectivity index (χ1n) is 6.64. The molecular formula is C17H14N2O2. The molecule has 1 aromatic heterocycles. The van der Waals surface area contributed by atoms with Crippen molar-refractivity contribution in [2.75, 3.05) is 0 Å². The van der Waals surface area contributed by atoms with Crippen molar-refractivity contribution in [3.63, 3.8) is 0 Å². The highest BCUT2D eigenvalue weighted by molar-refractivity contribution is 6.04. The number of nitrogens with zero attached hydrogens (tertiary/aromatic N) is 1. The zero-order valence-electron chi connectivity index (χ0n) is 11.3. The maximum atomic E-state index is 12.2. The summed E-state index contributed by atoms with van der Waals surface area (Å²) in [6.45, 7) is 0.317. The lowest BCUT2D eigenvalue weighted by molar-refractivity contribution is 0.0231. The minimum Gasteiger partial charge on any atom is -0.269 e. The summed E-state index contributed by atoms with van der Waals surface area (Å²) in [6, 6.07) is 19.1. The molecule has 21 heavy (non-hydrogen) atoms. The Hall–Kier alpha value is -2.72. The normalized spacial score (nSPS) is 10.5. The highest BCUT2D eigenvalue weighted by atomic mass is 16.6. The van der Waals surface area contributed by atoms with Crippen molar-refractivity contribution < 1.29 is 9.63 Å². The van der Waals surface area contributed by atoms with E-state index in [1.165, 1.54) is 0 Å². The molecule has 2 aromatic carbocycles. The Morgan fingerprint density at radius 2 is 1.76 bits per heavy atom. The van der Waals surface area contributed by atoms with Crippen molar-refractivity contribution >= 4 is 16.7 Å². The van der Waals surface area contributed by atoms with Crippen molar-refractivity contribution in [1.29, 1.82) is 0 Å². The van der Waals surface area contributed by atoms with Gasteiger partial charge in [-0.25, -0.2) is 5.48 Å². The van der Waals surface area contributed by atoms with Crippen LogP contribution in [0.1, 0.15) is 16.1 Å². The lowest BCUT2D eigenvalue weighted by Gasteiger charge is -2.07. The van der Waals surface area contributed by atoms with Gasteiger partial charge in [-0.05, 0) is 17.0 Å². The van der Waals surface area contributed by atoms with Crippen molar-refractivity contribution in [3.8, 4) is 0 Å². The van der Waals surface area contributed by atoms with Gasteiger partial charge in [0.25, 0.3) is 5.91 Å². The summed E-state index contributed by atoms with van der Waals surface area (Å²) >= 11 is 0.